The molecule has 0 radical (unpaired) electrons. The number of nitrogens with zero attached hydrogens (tertiary/aromatic N) is 1. The van der Waals surface area contributed by atoms with Gasteiger partial charge in [-0.05, 0) is 24.3 Å². The lowest BCUT2D eigenvalue weighted by Crippen LogP contribution is -2.18. The molecule has 3 nitrogen and oxygen atoms in total. The van der Waals surface area contributed by atoms with E-state index in [0.29, 0.717) is 0 Å². The Morgan fingerprint density at radius 1 is 0.690 bits per heavy atom. The standard InChI is InChI=1S/C19H10F7NO2/c20-14-9-11(12-5-1-3-7-15(12)28-18(21,22)23)10-27-17(14)13-6-2-4-8-16(13)29-19(24,25)26/h1-10H. The van der Waals surface area contributed by atoms with Crippen molar-refractivity contribution in [1.82, 2.24) is 4.98 Å². The lowest BCUT2D eigenvalue weighted by atomic mass is 10.0. The van der Waals surface area contributed by atoms with Crippen LogP contribution >= 0.6 is 0 Å². The number of pyridine rings is 1. The van der Waals surface area contributed by atoms with Gasteiger partial charge in [0, 0.05) is 22.9 Å². The molecule has 0 aliphatic heterocycles. The smallest absolute Gasteiger partial charge is 0.405 e. The number of benzene rings is 2. The highest BCUT2D eigenvalue weighted by Crippen LogP contribution is 2.37. The van der Waals surface area contributed by atoms with Crippen molar-refractivity contribution in [2.24, 2.45) is 0 Å². The van der Waals surface area contributed by atoms with Crippen molar-refractivity contribution in [3.05, 3.63) is 66.6 Å². The third-order valence-electron chi connectivity index (χ3n) is 3.63. The molecule has 2 aromatic carbocycles. The maximum atomic E-state index is 14.6. The van der Waals surface area contributed by atoms with Gasteiger partial charge in [0.2, 0.25) is 0 Å². The third kappa shape index (κ3) is 5.15. The Labute approximate surface area is 159 Å². The van der Waals surface area contributed by atoms with E-state index >= 15 is 0 Å². The molecule has 0 amide bonds. The first-order chi connectivity index (χ1) is 13.5. The molecule has 3 aromatic rings. The first kappa shape index (κ1) is 20.4. The molecule has 0 fully saturated rings. The van der Waals surface area contributed by atoms with Crippen molar-refractivity contribution in [3.63, 3.8) is 0 Å². The van der Waals surface area contributed by atoms with Gasteiger partial charge in [-0.2, -0.15) is 0 Å². The van der Waals surface area contributed by atoms with Crippen molar-refractivity contribution in [2.75, 3.05) is 0 Å². The van der Waals surface area contributed by atoms with Gasteiger partial charge in [-0.3, -0.25) is 4.98 Å². The summed E-state index contributed by atoms with van der Waals surface area (Å²) >= 11 is 0. The number of hydrogen-bond donors (Lipinski definition) is 0. The summed E-state index contributed by atoms with van der Waals surface area (Å²) in [5.74, 6) is -2.29. The van der Waals surface area contributed by atoms with Gasteiger partial charge < -0.3 is 9.47 Å². The van der Waals surface area contributed by atoms with E-state index in [-0.39, 0.29) is 16.7 Å². The van der Waals surface area contributed by atoms with Gasteiger partial charge in [0.25, 0.3) is 0 Å². The second kappa shape index (κ2) is 7.61. The van der Waals surface area contributed by atoms with E-state index in [1.165, 1.54) is 36.4 Å². The molecule has 3 rings (SSSR count). The summed E-state index contributed by atoms with van der Waals surface area (Å²) in [6, 6.07) is 10.7. The van der Waals surface area contributed by atoms with Gasteiger partial charge in [-0.15, -0.1) is 26.3 Å². The Hall–Kier alpha value is -3.30. The Balaban J connectivity index is 2.02. The summed E-state index contributed by atoms with van der Waals surface area (Å²) in [6.45, 7) is 0. The second-order valence-electron chi connectivity index (χ2n) is 5.64. The highest BCUT2D eigenvalue weighted by Gasteiger charge is 2.33. The molecular formula is C19H10F7NO2. The van der Waals surface area contributed by atoms with Crippen molar-refractivity contribution in [1.29, 1.82) is 0 Å². The van der Waals surface area contributed by atoms with E-state index in [1.54, 1.807) is 0 Å². The summed E-state index contributed by atoms with van der Waals surface area (Å²) in [7, 11) is 0. The van der Waals surface area contributed by atoms with Crippen LogP contribution < -0.4 is 9.47 Å². The van der Waals surface area contributed by atoms with Gasteiger partial charge in [0.05, 0.1) is 0 Å². The van der Waals surface area contributed by atoms with Crippen LogP contribution in [0.15, 0.2) is 60.8 Å². The first-order valence-electron chi connectivity index (χ1n) is 7.89. The fourth-order valence-electron chi connectivity index (χ4n) is 2.58. The molecule has 0 saturated carbocycles. The number of para-hydroxylation sites is 2. The van der Waals surface area contributed by atoms with Crippen LogP contribution in [0.2, 0.25) is 0 Å². The van der Waals surface area contributed by atoms with Gasteiger partial charge in [0.1, 0.15) is 23.0 Å². The Bertz CT molecular complexity index is 1020. The zero-order chi connectivity index (χ0) is 21.2. The zero-order valence-electron chi connectivity index (χ0n) is 14.2. The van der Waals surface area contributed by atoms with Crippen molar-refractivity contribution >= 4 is 0 Å². The van der Waals surface area contributed by atoms with Crippen LogP contribution in [-0.2, 0) is 0 Å². The number of alkyl halides is 6. The summed E-state index contributed by atoms with van der Waals surface area (Å²) in [5.41, 5.74) is -0.876. The average Bonchev–Trinajstić information content (AvgIpc) is 2.60. The predicted molar refractivity (Wildman–Crippen MR) is 88.4 cm³/mol. The Morgan fingerprint density at radius 3 is 1.69 bits per heavy atom. The summed E-state index contributed by atoms with van der Waals surface area (Å²) < 4.78 is 97.8. The molecule has 1 heterocycles. The van der Waals surface area contributed by atoms with Crippen LogP contribution in [0.4, 0.5) is 30.7 Å². The molecule has 0 bridgehead atoms. The molecule has 1 aromatic heterocycles. The van der Waals surface area contributed by atoms with Crippen LogP contribution in [0, 0.1) is 5.82 Å². The first-order valence-corrected chi connectivity index (χ1v) is 7.89. The fourth-order valence-corrected chi connectivity index (χ4v) is 2.58. The molecule has 0 spiro atoms. The minimum Gasteiger partial charge on any atom is -0.405 e. The number of aromatic nitrogens is 1. The summed E-state index contributed by atoms with van der Waals surface area (Å²) in [6.07, 6.45) is -8.93. The minimum atomic E-state index is -5.00. The normalized spacial score (nSPS) is 12.0. The molecule has 29 heavy (non-hydrogen) atoms. The average molecular weight is 417 g/mol. The van der Waals surface area contributed by atoms with E-state index in [0.717, 1.165) is 24.4 Å². The molecule has 10 heteroatoms. The van der Waals surface area contributed by atoms with Gasteiger partial charge in [0.15, 0.2) is 0 Å². The van der Waals surface area contributed by atoms with Gasteiger partial charge in [-0.25, -0.2) is 4.39 Å². The monoisotopic (exact) mass is 417 g/mol. The maximum Gasteiger partial charge on any atom is 0.573 e. The van der Waals surface area contributed by atoms with E-state index in [1.807, 2.05) is 0 Å². The highest BCUT2D eigenvalue weighted by atomic mass is 19.4. The van der Waals surface area contributed by atoms with Crippen LogP contribution in [0.5, 0.6) is 11.5 Å². The number of halogens is 7. The highest BCUT2D eigenvalue weighted by molar-refractivity contribution is 5.74. The molecule has 0 aliphatic carbocycles. The van der Waals surface area contributed by atoms with Crippen LogP contribution in [0.3, 0.4) is 0 Å². The Kier molecular flexibility index (Phi) is 5.36. The lowest BCUT2D eigenvalue weighted by molar-refractivity contribution is -0.275. The van der Waals surface area contributed by atoms with E-state index < -0.39 is 35.7 Å². The summed E-state index contributed by atoms with van der Waals surface area (Å²) in [5, 5.41) is 0. The fraction of sp³-hybridized carbons (Fsp3) is 0.105. The van der Waals surface area contributed by atoms with Crippen LogP contribution in [-0.4, -0.2) is 17.7 Å². The molecule has 0 N–H and O–H groups in total. The lowest BCUT2D eigenvalue weighted by Gasteiger charge is -2.15. The van der Waals surface area contributed by atoms with Gasteiger partial charge >= 0.3 is 12.7 Å². The minimum absolute atomic E-state index is 0.0553. The third-order valence-corrected chi connectivity index (χ3v) is 3.63. The maximum absolute atomic E-state index is 14.6. The molecule has 0 atom stereocenters. The van der Waals surface area contributed by atoms with Crippen molar-refractivity contribution in [2.45, 2.75) is 12.7 Å². The van der Waals surface area contributed by atoms with E-state index in [2.05, 4.69) is 14.5 Å². The SMILES string of the molecule is Fc1cc(-c2ccccc2OC(F)(F)F)cnc1-c1ccccc1OC(F)(F)F. The Morgan fingerprint density at radius 2 is 1.17 bits per heavy atom. The molecular weight excluding hydrogens is 407 g/mol. The zero-order valence-corrected chi connectivity index (χ0v) is 14.2. The quantitative estimate of drug-likeness (QED) is 0.464. The second-order valence-corrected chi connectivity index (χ2v) is 5.64. The topological polar surface area (TPSA) is 31.4 Å². The van der Waals surface area contributed by atoms with Crippen LogP contribution in [0.1, 0.15) is 0 Å². The van der Waals surface area contributed by atoms with E-state index in [4.69, 9.17) is 0 Å². The van der Waals surface area contributed by atoms with Crippen molar-refractivity contribution in [3.8, 4) is 33.9 Å². The molecule has 0 saturated heterocycles. The van der Waals surface area contributed by atoms with Crippen LogP contribution in [0.25, 0.3) is 22.4 Å². The predicted octanol–water partition coefficient (Wildman–Crippen LogP) is 6.35. The number of hydrogen-bond acceptors (Lipinski definition) is 3. The van der Waals surface area contributed by atoms with Gasteiger partial charge in [-0.1, -0.05) is 30.3 Å². The summed E-state index contributed by atoms with van der Waals surface area (Å²) in [4.78, 5) is 3.79. The van der Waals surface area contributed by atoms with Crippen molar-refractivity contribution < 1.29 is 40.2 Å². The van der Waals surface area contributed by atoms with E-state index in [9.17, 15) is 30.7 Å². The molecule has 0 aliphatic rings. The molecule has 0 unspecified atom stereocenters. The number of ether oxygens (including phenoxy) is 2. The molecule has 152 valence electrons. The number of rotatable bonds is 4. The largest absolute Gasteiger partial charge is 0.573 e.